The monoisotopic (exact) mass is 403 g/mol. The Kier molecular flexibility index (Phi) is 5.31. The Bertz CT molecular complexity index is 1180. The van der Waals surface area contributed by atoms with Crippen LogP contribution in [0, 0.1) is 20.8 Å². The lowest BCUT2D eigenvalue weighted by molar-refractivity contribution is -0.113. The maximum Gasteiger partial charge on any atom is 0.234 e. The number of fused-ring (bicyclic) bond motifs is 1. The first-order valence-electron chi connectivity index (χ1n) is 9.29. The van der Waals surface area contributed by atoms with Crippen LogP contribution in [0.4, 0.5) is 5.69 Å². The summed E-state index contributed by atoms with van der Waals surface area (Å²) in [5.74, 6) is 0.139. The molecule has 146 valence electrons. The summed E-state index contributed by atoms with van der Waals surface area (Å²) in [5, 5.41) is 16.6. The molecule has 2 aromatic heterocycles. The van der Waals surface area contributed by atoms with Gasteiger partial charge >= 0.3 is 0 Å². The SMILES string of the molecule is Cc1ccc(-c2ccc3nnc(SCC(=O)Nc4cccc(C)c4C)n3n2)cc1. The van der Waals surface area contributed by atoms with Gasteiger partial charge in [0.05, 0.1) is 11.4 Å². The van der Waals surface area contributed by atoms with Gasteiger partial charge in [0.15, 0.2) is 5.65 Å². The average molecular weight is 404 g/mol. The Balaban J connectivity index is 1.50. The minimum Gasteiger partial charge on any atom is -0.325 e. The predicted octanol–water partition coefficient (Wildman–Crippen LogP) is 4.45. The molecule has 0 spiro atoms. The highest BCUT2D eigenvalue weighted by Gasteiger charge is 2.12. The zero-order chi connectivity index (χ0) is 20.4. The summed E-state index contributed by atoms with van der Waals surface area (Å²) < 4.78 is 1.69. The third-order valence-corrected chi connectivity index (χ3v) is 5.71. The minimum absolute atomic E-state index is 0.0878. The molecule has 0 aliphatic heterocycles. The highest BCUT2D eigenvalue weighted by Crippen LogP contribution is 2.22. The summed E-state index contributed by atoms with van der Waals surface area (Å²) in [6.45, 7) is 6.08. The number of carbonyl (C=O) groups is 1. The van der Waals surface area contributed by atoms with Gasteiger partial charge in [0, 0.05) is 11.3 Å². The molecule has 2 aromatic carbocycles. The first-order chi connectivity index (χ1) is 14.0. The van der Waals surface area contributed by atoms with E-state index in [1.807, 2.05) is 56.3 Å². The van der Waals surface area contributed by atoms with Crippen LogP contribution in [0.3, 0.4) is 0 Å². The van der Waals surface area contributed by atoms with Crippen LogP contribution >= 0.6 is 11.8 Å². The van der Waals surface area contributed by atoms with Crippen molar-refractivity contribution in [2.45, 2.75) is 25.9 Å². The van der Waals surface area contributed by atoms with Crippen molar-refractivity contribution in [3.63, 3.8) is 0 Å². The molecule has 0 fully saturated rings. The fourth-order valence-electron chi connectivity index (χ4n) is 2.94. The number of hydrogen-bond acceptors (Lipinski definition) is 5. The number of benzene rings is 2. The van der Waals surface area contributed by atoms with Gasteiger partial charge in [-0.3, -0.25) is 4.79 Å². The van der Waals surface area contributed by atoms with Crippen LogP contribution in [0.25, 0.3) is 16.9 Å². The molecule has 0 aliphatic rings. The third-order valence-electron chi connectivity index (χ3n) is 4.79. The number of aromatic nitrogens is 4. The smallest absolute Gasteiger partial charge is 0.234 e. The molecule has 0 unspecified atom stereocenters. The Labute approximate surface area is 173 Å². The Morgan fingerprint density at radius 3 is 2.59 bits per heavy atom. The van der Waals surface area contributed by atoms with E-state index in [-0.39, 0.29) is 11.7 Å². The van der Waals surface area contributed by atoms with Crippen molar-refractivity contribution in [3.05, 3.63) is 71.3 Å². The number of aryl methyl sites for hydroxylation is 2. The molecule has 2 heterocycles. The predicted molar refractivity (Wildman–Crippen MR) is 116 cm³/mol. The number of anilines is 1. The maximum absolute atomic E-state index is 12.4. The Hall–Kier alpha value is -3.19. The number of hydrogen-bond donors (Lipinski definition) is 1. The summed E-state index contributed by atoms with van der Waals surface area (Å²) in [4.78, 5) is 12.4. The van der Waals surface area contributed by atoms with E-state index in [1.54, 1.807) is 4.52 Å². The summed E-state index contributed by atoms with van der Waals surface area (Å²) >= 11 is 1.32. The molecule has 4 rings (SSSR count). The van der Waals surface area contributed by atoms with Gasteiger partial charge in [0.1, 0.15) is 0 Å². The quantitative estimate of drug-likeness (QED) is 0.499. The van der Waals surface area contributed by atoms with Gasteiger partial charge < -0.3 is 5.32 Å². The van der Waals surface area contributed by atoms with Gasteiger partial charge in [-0.25, -0.2) is 0 Å². The fourth-order valence-corrected chi connectivity index (χ4v) is 3.63. The van der Waals surface area contributed by atoms with Crippen molar-refractivity contribution in [2.24, 2.45) is 0 Å². The molecule has 0 aliphatic carbocycles. The van der Waals surface area contributed by atoms with E-state index in [1.165, 1.54) is 17.3 Å². The molecule has 0 saturated heterocycles. The first-order valence-corrected chi connectivity index (χ1v) is 10.3. The zero-order valence-electron chi connectivity index (χ0n) is 16.5. The van der Waals surface area contributed by atoms with Crippen LogP contribution in [0.2, 0.25) is 0 Å². The molecular formula is C22H21N5OS. The second-order valence-electron chi connectivity index (χ2n) is 6.92. The van der Waals surface area contributed by atoms with Gasteiger partial charge in [-0.15, -0.1) is 10.2 Å². The number of amides is 1. The van der Waals surface area contributed by atoms with Crippen LogP contribution in [0.15, 0.2) is 59.8 Å². The van der Waals surface area contributed by atoms with Crippen LogP contribution in [-0.2, 0) is 4.79 Å². The van der Waals surface area contributed by atoms with Crippen LogP contribution in [0.1, 0.15) is 16.7 Å². The molecule has 4 aromatic rings. The molecule has 1 amide bonds. The lowest BCUT2D eigenvalue weighted by Gasteiger charge is -2.09. The standard InChI is InChI=1S/C22H21N5OS/c1-14-7-9-17(10-8-14)19-11-12-20-24-25-22(27(20)26-19)29-13-21(28)23-18-6-4-5-15(2)16(18)3/h4-12H,13H2,1-3H3,(H,23,28). The Morgan fingerprint density at radius 2 is 1.79 bits per heavy atom. The summed E-state index contributed by atoms with van der Waals surface area (Å²) in [7, 11) is 0. The van der Waals surface area contributed by atoms with Gasteiger partial charge in [0.2, 0.25) is 11.1 Å². The van der Waals surface area contributed by atoms with E-state index in [9.17, 15) is 4.79 Å². The van der Waals surface area contributed by atoms with Crippen LogP contribution in [-0.4, -0.2) is 31.5 Å². The van der Waals surface area contributed by atoms with Crippen molar-refractivity contribution < 1.29 is 4.79 Å². The lowest BCUT2D eigenvalue weighted by Crippen LogP contribution is -2.15. The van der Waals surface area contributed by atoms with Crippen molar-refractivity contribution in [1.29, 1.82) is 0 Å². The Morgan fingerprint density at radius 1 is 1.00 bits per heavy atom. The number of thioether (sulfide) groups is 1. The van der Waals surface area contributed by atoms with Gasteiger partial charge in [-0.05, 0) is 50.1 Å². The van der Waals surface area contributed by atoms with Gasteiger partial charge in [-0.2, -0.15) is 9.61 Å². The highest BCUT2D eigenvalue weighted by atomic mass is 32.2. The molecule has 7 heteroatoms. The van der Waals surface area contributed by atoms with Crippen molar-refractivity contribution in [1.82, 2.24) is 19.8 Å². The molecule has 0 saturated carbocycles. The minimum atomic E-state index is -0.0878. The normalized spacial score (nSPS) is 11.0. The molecule has 0 atom stereocenters. The number of nitrogens with zero attached hydrogens (tertiary/aromatic N) is 4. The van der Waals surface area contributed by atoms with E-state index < -0.39 is 0 Å². The molecule has 29 heavy (non-hydrogen) atoms. The summed E-state index contributed by atoms with van der Waals surface area (Å²) in [6, 6.07) is 17.9. The molecular weight excluding hydrogens is 382 g/mol. The topological polar surface area (TPSA) is 72.2 Å². The van der Waals surface area contributed by atoms with Crippen molar-refractivity contribution in [2.75, 3.05) is 11.1 Å². The number of rotatable bonds is 5. The summed E-state index contributed by atoms with van der Waals surface area (Å²) in [6.07, 6.45) is 0. The first kappa shape index (κ1) is 19.1. The second kappa shape index (κ2) is 8.05. The van der Waals surface area contributed by atoms with E-state index in [4.69, 9.17) is 0 Å². The van der Waals surface area contributed by atoms with Crippen molar-refractivity contribution in [3.8, 4) is 11.3 Å². The molecule has 0 bridgehead atoms. The fraction of sp³-hybridized carbons (Fsp3) is 0.182. The molecule has 0 radical (unpaired) electrons. The van der Waals surface area contributed by atoms with Crippen molar-refractivity contribution >= 4 is 29.0 Å². The summed E-state index contributed by atoms with van der Waals surface area (Å²) in [5.41, 5.74) is 6.76. The van der Waals surface area contributed by atoms with Crippen LogP contribution < -0.4 is 5.32 Å². The van der Waals surface area contributed by atoms with E-state index in [0.29, 0.717) is 10.8 Å². The average Bonchev–Trinajstić information content (AvgIpc) is 3.13. The van der Waals surface area contributed by atoms with Gasteiger partial charge in [-0.1, -0.05) is 53.7 Å². The molecule has 1 N–H and O–H groups in total. The zero-order valence-corrected chi connectivity index (χ0v) is 17.3. The van der Waals surface area contributed by atoms with E-state index >= 15 is 0 Å². The lowest BCUT2D eigenvalue weighted by atomic mass is 10.1. The third kappa shape index (κ3) is 4.14. The highest BCUT2D eigenvalue weighted by molar-refractivity contribution is 7.99. The number of carbonyl (C=O) groups excluding carboxylic acids is 1. The maximum atomic E-state index is 12.4. The van der Waals surface area contributed by atoms with Gasteiger partial charge in [0.25, 0.3) is 0 Å². The van der Waals surface area contributed by atoms with Crippen LogP contribution in [0.5, 0.6) is 0 Å². The number of nitrogens with one attached hydrogen (secondary N) is 1. The second-order valence-corrected chi connectivity index (χ2v) is 7.86. The largest absolute Gasteiger partial charge is 0.325 e. The van der Waals surface area contributed by atoms with E-state index in [0.717, 1.165) is 28.1 Å². The molecule has 6 nitrogen and oxygen atoms in total. The van der Waals surface area contributed by atoms with E-state index in [2.05, 4.69) is 39.7 Å².